The molecule has 12 heteroatoms. The molecule has 4 heterocycles. The van der Waals surface area contributed by atoms with Gasteiger partial charge in [-0.3, -0.25) is 23.7 Å². The number of para-hydroxylation sites is 1. The zero-order chi connectivity index (χ0) is 35.2. The number of aryl methyl sites for hydroxylation is 2. The maximum absolute atomic E-state index is 13.6. The average Bonchev–Trinajstić information content (AvgIpc) is 3.37. The molecule has 3 aromatic heterocycles. The van der Waals surface area contributed by atoms with Crippen LogP contribution in [0, 0.1) is 6.92 Å². The highest BCUT2D eigenvalue weighted by Crippen LogP contribution is 2.33. The molecule has 0 bridgehead atoms. The molecule has 0 radical (unpaired) electrons. The van der Waals surface area contributed by atoms with Crippen LogP contribution in [0.25, 0.3) is 49.7 Å². The zero-order valence-corrected chi connectivity index (χ0v) is 29.4. The smallest absolute Gasteiger partial charge is 0.333 e. The quantitative estimate of drug-likeness (QED) is 0.200. The molecule has 1 saturated heterocycles. The van der Waals surface area contributed by atoms with E-state index in [-0.39, 0.29) is 10.6 Å². The minimum atomic E-state index is -4.02. The third-order valence-electron chi connectivity index (χ3n) is 9.16. The number of aromatic nitrogens is 4. The fourth-order valence-electron chi connectivity index (χ4n) is 6.29. The lowest BCUT2D eigenvalue weighted by molar-refractivity contribution is 0.313. The van der Waals surface area contributed by atoms with Crippen LogP contribution in [0.3, 0.4) is 0 Å². The highest BCUT2D eigenvalue weighted by Gasteiger charge is 2.20. The fourth-order valence-corrected chi connectivity index (χ4v) is 7.07. The number of hydrogen-bond acceptors (Lipinski definition) is 7. The number of anilines is 1. The Balaban J connectivity index is 0.000000306. The number of hydrogen-bond donors (Lipinski definition) is 1. The van der Waals surface area contributed by atoms with Crippen LogP contribution in [0.4, 0.5) is 5.69 Å². The van der Waals surface area contributed by atoms with Crippen molar-refractivity contribution >= 4 is 60.2 Å². The van der Waals surface area contributed by atoms with E-state index in [9.17, 15) is 13.2 Å². The lowest BCUT2D eigenvalue weighted by atomic mass is 10.0. The van der Waals surface area contributed by atoms with Crippen LogP contribution >= 0.6 is 11.6 Å². The number of pyridine rings is 2. The molecule has 0 saturated carbocycles. The van der Waals surface area contributed by atoms with Crippen LogP contribution in [-0.4, -0.2) is 70.2 Å². The van der Waals surface area contributed by atoms with Crippen molar-refractivity contribution in [1.82, 2.24) is 24.0 Å². The topological polar surface area (TPSA) is 114 Å². The highest BCUT2D eigenvalue weighted by molar-refractivity contribution is 7.85. The second-order valence-corrected chi connectivity index (χ2v) is 14.4. The van der Waals surface area contributed by atoms with Crippen LogP contribution < -0.4 is 10.6 Å². The lowest BCUT2D eigenvalue weighted by Gasteiger charge is -2.34. The number of nitrogens with zero attached hydrogens (tertiary/aromatic N) is 6. The van der Waals surface area contributed by atoms with E-state index in [1.165, 1.54) is 12.1 Å². The number of likely N-dealkylation sites (N-methyl/N-ethyl adjacent to an activating group) is 1. The number of fused-ring (bicyclic) bond motifs is 4. The molecule has 10 nitrogen and oxygen atoms in total. The van der Waals surface area contributed by atoms with E-state index < -0.39 is 10.1 Å². The average molecular weight is 707 g/mol. The van der Waals surface area contributed by atoms with E-state index in [2.05, 4.69) is 51.1 Å². The summed E-state index contributed by atoms with van der Waals surface area (Å²) in [4.78, 5) is 27.5. The summed E-state index contributed by atoms with van der Waals surface area (Å²) in [6.45, 7) is 5.68. The monoisotopic (exact) mass is 706 g/mol. The van der Waals surface area contributed by atoms with E-state index in [1.54, 1.807) is 34.5 Å². The van der Waals surface area contributed by atoms with Crippen LogP contribution in [0.1, 0.15) is 5.56 Å². The van der Waals surface area contributed by atoms with Gasteiger partial charge in [-0.15, -0.1) is 0 Å². The first-order valence-electron chi connectivity index (χ1n) is 16.1. The Morgan fingerprint density at radius 2 is 1.50 bits per heavy atom. The van der Waals surface area contributed by atoms with Gasteiger partial charge in [-0.1, -0.05) is 53.6 Å². The summed E-state index contributed by atoms with van der Waals surface area (Å²) in [5.41, 5.74) is 7.93. The van der Waals surface area contributed by atoms with E-state index >= 15 is 0 Å². The first-order chi connectivity index (χ1) is 24.0. The standard InChI is InChI=1S/C31H27ClN6O.C7H8O3S/c1-35-11-13-37(14-12-35)28-10-8-23(17-25(28)32)38-30-24-16-20(22-15-21-5-3-4-6-26(21)33-18-22)7-9-27(24)34-19-29(30)36(2)31(38)39;1-6-2-4-7(5-3-6)11(8,9)10/h3-10,15-19H,11-14H2,1-2H3;2-5H,1H3,(H,8,9,10). The number of benzene rings is 4. The maximum Gasteiger partial charge on any atom is 0.333 e. The summed E-state index contributed by atoms with van der Waals surface area (Å²) >= 11 is 6.83. The Morgan fingerprint density at radius 1 is 0.780 bits per heavy atom. The Morgan fingerprint density at radius 3 is 2.22 bits per heavy atom. The molecule has 50 heavy (non-hydrogen) atoms. The highest BCUT2D eigenvalue weighted by atomic mass is 35.5. The minimum absolute atomic E-state index is 0.0666. The second-order valence-electron chi connectivity index (χ2n) is 12.5. The van der Waals surface area contributed by atoms with Crippen LogP contribution in [0.15, 0.2) is 113 Å². The summed E-state index contributed by atoms with van der Waals surface area (Å²) in [5.74, 6) is 0. The van der Waals surface area contributed by atoms with Gasteiger partial charge in [0.15, 0.2) is 0 Å². The first kappa shape index (κ1) is 33.4. The van der Waals surface area contributed by atoms with Crippen molar-refractivity contribution in [2.45, 2.75) is 11.8 Å². The SMILES string of the molecule is CN1CCN(c2ccc(-n3c(=O)n(C)c4cnc5ccc(-c6cnc7ccccc7c6)cc5c43)cc2Cl)CC1.Cc1ccc(S(=O)(=O)O)cc1. The minimum Gasteiger partial charge on any atom is -0.368 e. The lowest BCUT2D eigenvalue weighted by Crippen LogP contribution is -2.44. The fraction of sp³-hybridized carbons (Fsp3) is 0.184. The van der Waals surface area contributed by atoms with Gasteiger partial charge in [-0.2, -0.15) is 8.42 Å². The van der Waals surface area contributed by atoms with Crippen LogP contribution in [0.2, 0.25) is 5.02 Å². The largest absolute Gasteiger partial charge is 0.368 e. The second kappa shape index (κ2) is 13.3. The van der Waals surface area contributed by atoms with Gasteiger partial charge in [0.2, 0.25) is 0 Å². The number of piperazine rings is 1. The molecule has 8 rings (SSSR count). The molecular formula is C38H35ClN6O4S. The van der Waals surface area contributed by atoms with E-state index in [0.717, 1.165) is 87.1 Å². The normalized spacial score (nSPS) is 13.9. The maximum atomic E-state index is 13.6. The van der Waals surface area contributed by atoms with E-state index in [0.29, 0.717) is 5.02 Å². The molecule has 0 amide bonds. The van der Waals surface area contributed by atoms with Gasteiger partial charge in [0.1, 0.15) is 0 Å². The summed E-state index contributed by atoms with van der Waals surface area (Å²) in [6.07, 6.45) is 3.67. The van der Waals surface area contributed by atoms with Gasteiger partial charge in [0.05, 0.1) is 49.6 Å². The first-order valence-corrected chi connectivity index (χ1v) is 17.9. The molecule has 1 aliphatic rings. The molecule has 0 atom stereocenters. The van der Waals surface area contributed by atoms with E-state index in [4.69, 9.17) is 16.2 Å². The van der Waals surface area contributed by atoms with Gasteiger partial charge in [0, 0.05) is 55.8 Å². The molecular weight excluding hydrogens is 672 g/mol. The van der Waals surface area contributed by atoms with Gasteiger partial charge in [0.25, 0.3) is 10.1 Å². The molecule has 1 aliphatic heterocycles. The zero-order valence-electron chi connectivity index (χ0n) is 27.8. The Hall–Kier alpha value is -5.07. The molecule has 254 valence electrons. The number of halogens is 1. The Kier molecular flexibility index (Phi) is 8.91. The van der Waals surface area contributed by atoms with Crippen LogP contribution in [0.5, 0.6) is 0 Å². The summed E-state index contributed by atoms with van der Waals surface area (Å²) in [6, 6.07) is 28.3. The summed E-state index contributed by atoms with van der Waals surface area (Å²) < 4.78 is 33.0. The summed E-state index contributed by atoms with van der Waals surface area (Å²) in [5, 5.41) is 2.62. The number of imidazole rings is 1. The van der Waals surface area contributed by atoms with Gasteiger partial charge >= 0.3 is 5.69 Å². The predicted octanol–water partition coefficient (Wildman–Crippen LogP) is 6.74. The molecule has 1 fully saturated rings. The van der Waals surface area contributed by atoms with Gasteiger partial charge in [-0.25, -0.2) is 4.79 Å². The molecule has 1 N–H and O–H groups in total. The van der Waals surface area contributed by atoms with Crippen molar-refractivity contribution in [3.8, 4) is 16.8 Å². The third kappa shape index (κ3) is 6.48. The van der Waals surface area contributed by atoms with Crippen molar-refractivity contribution in [3.05, 3.63) is 124 Å². The molecule has 0 unspecified atom stereocenters. The van der Waals surface area contributed by atoms with Crippen molar-refractivity contribution in [1.29, 1.82) is 0 Å². The Labute approximate surface area is 294 Å². The number of rotatable bonds is 4. The van der Waals surface area contributed by atoms with Crippen molar-refractivity contribution in [2.75, 3.05) is 38.1 Å². The molecule has 0 spiro atoms. The Bertz CT molecular complexity index is 2560. The van der Waals surface area contributed by atoms with Crippen molar-refractivity contribution in [3.63, 3.8) is 0 Å². The molecule has 0 aliphatic carbocycles. The third-order valence-corrected chi connectivity index (χ3v) is 10.3. The van der Waals surface area contributed by atoms with Crippen molar-refractivity contribution < 1.29 is 13.0 Å². The van der Waals surface area contributed by atoms with Gasteiger partial charge in [-0.05, 0) is 74.1 Å². The summed E-state index contributed by atoms with van der Waals surface area (Å²) in [7, 11) is -0.101. The molecule has 4 aromatic carbocycles. The van der Waals surface area contributed by atoms with E-state index in [1.807, 2.05) is 55.6 Å². The predicted molar refractivity (Wildman–Crippen MR) is 200 cm³/mol. The molecule has 7 aromatic rings. The van der Waals surface area contributed by atoms with Crippen LogP contribution in [-0.2, 0) is 17.2 Å². The van der Waals surface area contributed by atoms with Gasteiger partial charge < -0.3 is 9.80 Å². The van der Waals surface area contributed by atoms with Crippen molar-refractivity contribution in [2.24, 2.45) is 7.05 Å².